The maximum atomic E-state index is 4.46. The van der Waals surface area contributed by atoms with Crippen molar-refractivity contribution < 1.29 is 0 Å². The Labute approximate surface area is 159 Å². The first-order valence-electron chi connectivity index (χ1n) is 7.82. The molecule has 4 nitrogen and oxygen atoms in total. The standard InChI is InChI=1S/C18H20Br2N4/c1-10-6-16-13(18(3,4)11(2)24(16)5)8-15(10)22-23-17-14(20)7-12(19)9-21-17/h6-9,11H,1-5H3. The van der Waals surface area contributed by atoms with Gasteiger partial charge in [0, 0.05) is 34.9 Å². The second kappa shape index (κ2) is 6.23. The summed E-state index contributed by atoms with van der Waals surface area (Å²) in [6.07, 6.45) is 1.72. The molecule has 0 N–H and O–H groups in total. The monoisotopic (exact) mass is 450 g/mol. The topological polar surface area (TPSA) is 40.9 Å². The number of aromatic nitrogens is 1. The Morgan fingerprint density at radius 1 is 1.17 bits per heavy atom. The molecule has 24 heavy (non-hydrogen) atoms. The van der Waals surface area contributed by atoms with Crippen molar-refractivity contribution >= 4 is 49.1 Å². The lowest BCUT2D eigenvalue weighted by Crippen LogP contribution is -2.36. The molecule has 1 atom stereocenters. The van der Waals surface area contributed by atoms with Gasteiger partial charge in [-0.1, -0.05) is 13.8 Å². The fourth-order valence-corrected chi connectivity index (χ4v) is 4.16. The SMILES string of the molecule is Cc1cc2c(cc1N=Nc1ncc(Br)cc1Br)C(C)(C)C(C)N2C. The Bertz CT molecular complexity index is 830. The quantitative estimate of drug-likeness (QED) is 0.492. The highest BCUT2D eigenvalue weighted by atomic mass is 79.9. The smallest absolute Gasteiger partial charge is 0.188 e. The lowest BCUT2D eigenvalue weighted by atomic mass is 9.81. The van der Waals surface area contributed by atoms with Gasteiger partial charge >= 0.3 is 0 Å². The number of aryl methyl sites for hydroxylation is 1. The Hall–Kier alpha value is -1.27. The van der Waals surface area contributed by atoms with E-state index in [9.17, 15) is 0 Å². The van der Waals surface area contributed by atoms with Crippen LogP contribution in [0.3, 0.4) is 0 Å². The van der Waals surface area contributed by atoms with Crippen molar-refractivity contribution in [3.8, 4) is 0 Å². The lowest BCUT2D eigenvalue weighted by molar-refractivity contribution is 0.454. The Morgan fingerprint density at radius 2 is 1.88 bits per heavy atom. The summed E-state index contributed by atoms with van der Waals surface area (Å²) in [6, 6.07) is 6.73. The van der Waals surface area contributed by atoms with Crippen LogP contribution in [-0.2, 0) is 5.41 Å². The molecule has 1 aliphatic heterocycles. The second-order valence-electron chi connectivity index (χ2n) is 6.82. The van der Waals surface area contributed by atoms with Gasteiger partial charge in [-0.2, -0.15) is 0 Å². The number of benzene rings is 1. The number of halogens is 2. The molecular weight excluding hydrogens is 432 g/mol. The van der Waals surface area contributed by atoms with Crippen molar-refractivity contribution in [2.75, 3.05) is 11.9 Å². The zero-order valence-electron chi connectivity index (χ0n) is 14.4. The predicted octanol–water partition coefficient (Wildman–Crippen LogP) is 6.45. The van der Waals surface area contributed by atoms with E-state index in [0.717, 1.165) is 20.2 Å². The van der Waals surface area contributed by atoms with Crippen LogP contribution in [0.5, 0.6) is 0 Å². The highest BCUT2D eigenvalue weighted by Gasteiger charge is 2.40. The van der Waals surface area contributed by atoms with E-state index in [-0.39, 0.29) is 5.41 Å². The van der Waals surface area contributed by atoms with Crippen LogP contribution in [0.15, 0.2) is 43.6 Å². The van der Waals surface area contributed by atoms with E-state index in [0.29, 0.717) is 11.9 Å². The van der Waals surface area contributed by atoms with E-state index >= 15 is 0 Å². The minimum Gasteiger partial charge on any atom is -0.371 e. The molecule has 0 amide bonds. The number of pyridine rings is 1. The van der Waals surface area contributed by atoms with Crippen LogP contribution in [0.1, 0.15) is 31.9 Å². The zero-order chi connectivity index (χ0) is 17.6. The highest BCUT2D eigenvalue weighted by Crippen LogP contribution is 2.46. The Kier molecular flexibility index (Phi) is 4.55. The minimum absolute atomic E-state index is 0.0818. The number of nitrogens with zero attached hydrogens (tertiary/aromatic N) is 4. The third kappa shape index (κ3) is 2.90. The van der Waals surface area contributed by atoms with Gasteiger partial charge in [-0.3, -0.25) is 0 Å². The van der Waals surface area contributed by atoms with Gasteiger partial charge in [0.2, 0.25) is 0 Å². The molecule has 0 saturated heterocycles. The molecule has 1 unspecified atom stereocenters. The number of rotatable bonds is 2. The first-order valence-corrected chi connectivity index (χ1v) is 9.41. The lowest BCUT2D eigenvalue weighted by Gasteiger charge is -2.28. The number of anilines is 1. The fourth-order valence-electron chi connectivity index (χ4n) is 3.10. The van der Waals surface area contributed by atoms with Crippen molar-refractivity contribution in [1.29, 1.82) is 0 Å². The first kappa shape index (κ1) is 17.5. The molecule has 1 aromatic carbocycles. The van der Waals surface area contributed by atoms with Crippen molar-refractivity contribution in [2.45, 2.75) is 39.2 Å². The minimum atomic E-state index is 0.0818. The van der Waals surface area contributed by atoms with Gasteiger partial charge in [-0.05, 0) is 75.0 Å². The summed E-state index contributed by atoms with van der Waals surface area (Å²) in [5.41, 5.74) is 4.69. The van der Waals surface area contributed by atoms with E-state index < -0.39 is 0 Å². The molecule has 0 aliphatic carbocycles. The maximum Gasteiger partial charge on any atom is 0.188 e. The van der Waals surface area contributed by atoms with E-state index in [4.69, 9.17) is 0 Å². The maximum absolute atomic E-state index is 4.46. The third-order valence-corrected chi connectivity index (χ3v) is 6.07. The van der Waals surface area contributed by atoms with Gasteiger partial charge in [-0.15, -0.1) is 10.2 Å². The molecule has 0 bridgehead atoms. The summed E-state index contributed by atoms with van der Waals surface area (Å²) >= 11 is 6.86. The number of fused-ring (bicyclic) bond motifs is 1. The van der Waals surface area contributed by atoms with Crippen molar-refractivity contribution in [1.82, 2.24) is 4.98 Å². The van der Waals surface area contributed by atoms with Crippen LogP contribution in [0.4, 0.5) is 17.2 Å². The summed E-state index contributed by atoms with van der Waals surface area (Å²) in [5.74, 6) is 0.572. The van der Waals surface area contributed by atoms with Crippen LogP contribution >= 0.6 is 31.9 Å². The molecule has 3 rings (SSSR count). The van der Waals surface area contributed by atoms with Crippen LogP contribution in [0.25, 0.3) is 0 Å². The first-order chi connectivity index (χ1) is 11.2. The third-order valence-electron chi connectivity index (χ3n) is 5.05. The van der Waals surface area contributed by atoms with Gasteiger partial charge in [0.25, 0.3) is 0 Å². The van der Waals surface area contributed by atoms with Crippen LogP contribution in [-0.4, -0.2) is 18.1 Å². The number of hydrogen-bond donors (Lipinski definition) is 0. The summed E-state index contributed by atoms with van der Waals surface area (Å²) in [4.78, 5) is 6.63. The average Bonchev–Trinajstić information content (AvgIpc) is 2.67. The van der Waals surface area contributed by atoms with Gasteiger partial charge in [-0.25, -0.2) is 4.98 Å². The van der Waals surface area contributed by atoms with Gasteiger partial charge < -0.3 is 4.90 Å². The summed E-state index contributed by atoms with van der Waals surface area (Å²) < 4.78 is 1.72. The molecule has 0 radical (unpaired) electrons. The fraction of sp³-hybridized carbons (Fsp3) is 0.389. The highest BCUT2D eigenvalue weighted by molar-refractivity contribution is 9.11. The number of hydrogen-bond acceptors (Lipinski definition) is 4. The van der Waals surface area contributed by atoms with Crippen LogP contribution in [0, 0.1) is 6.92 Å². The zero-order valence-corrected chi connectivity index (χ0v) is 17.6. The normalized spacial score (nSPS) is 19.1. The second-order valence-corrected chi connectivity index (χ2v) is 8.59. The van der Waals surface area contributed by atoms with Crippen molar-refractivity contribution in [3.63, 3.8) is 0 Å². The molecule has 0 saturated carbocycles. The molecule has 0 spiro atoms. The van der Waals surface area contributed by atoms with Crippen LogP contribution < -0.4 is 4.90 Å². The van der Waals surface area contributed by atoms with E-state index in [1.807, 2.05) is 6.07 Å². The van der Waals surface area contributed by atoms with Crippen molar-refractivity contribution in [2.24, 2.45) is 10.2 Å². The van der Waals surface area contributed by atoms with Gasteiger partial charge in [0.05, 0.1) is 10.2 Å². The summed E-state index contributed by atoms with van der Waals surface area (Å²) in [6.45, 7) is 8.90. The van der Waals surface area contributed by atoms with E-state index in [2.05, 4.69) is 98.8 Å². The number of likely N-dealkylation sites (N-methyl/N-ethyl adjacent to an activating group) is 1. The average molecular weight is 452 g/mol. The summed E-state index contributed by atoms with van der Waals surface area (Å²) in [5, 5.41) is 8.78. The van der Waals surface area contributed by atoms with Crippen LogP contribution in [0.2, 0.25) is 0 Å². The molecule has 2 aromatic rings. The Balaban J connectivity index is 2.02. The molecular formula is C18H20Br2N4. The Morgan fingerprint density at radius 3 is 2.54 bits per heavy atom. The van der Waals surface area contributed by atoms with E-state index in [1.54, 1.807) is 6.20 Å². The molecule has 126 valence electrons. The molecule has 0 fully saturated rings. The van der Waals surface area contributed by atoms with Crippen molar-refractivity contribution in [3.05, 3.63) is 44.5 Å². The number of azo groups is 1. The predicted molar refractivity (Wildman–Crippen MR) is 106 cm³/mol. The molecule has 2 heterocycles. The molecule has 1 aliphatic rings. The summed E-state index contributed by atoms with van der Waals surface area (Å²) in [7, 11) is 2.15. The molecule has 1 aromatic heterocycles. The van der Waals surface area contributed by atoms with Gasteiger partial charge in [0.1, 0.15) is 0 Å². The van der Waals surface area contributed by atoms with Gasteiger partial charge in [0.15, 0.2) is 5.82 Å². The molecule has 6 heteroatoms. The largest absolute Gasteiger partial charge is 0.371 e. The van der Waals surface area contributed by atoms with E-state index in [1.165, 1.54) is 11.3 Å².